The number of benzene rings is 1. The quantitative estimate of drug-likeness (QED) is 0.827. The van der Waals surface area contributed by atoms with Crippen molar-refractivity contribution in [3.63, 3.8) is 0 Å². The second-order valence-electron chi connectivity index (χ2n) is 4.29. The van der Waals surface area contributed by atoms with Gasteiger partial charge in [0.05, 0.1) is 11.7 Å². The van der Waals surface area contributed by atoms with E-state index in [9.17, 15) is 0 Å². The Bertz CT molecular complexity index is 497. The number of rotatable bonds is 2. The van der Waals surface area contributed by atoms with Crippen LogP contribution in [0.25, 0.3) is 11.3 Å². The Labute approximate surface area is 95.1 Å². The Kier molecular flexibility index (Phi) is 2.26. The second-order valence-corrected chi connectivity index (χ2v) is 4.29. The highest BCUT2D eigenvalue weighted by molar-refractivity contribution is 5.63. The van der Waals surface area contributed by atoms with Crippen LogP contribution in [0, 0.1) is 6.92 Å². The van der Waals surface area contributed by atoms with E-state index in [1.54, 1.807) is 0 Å². The predicted octanol–water partition coefficient (Wildman–Crippen LogP) is 2.00. The first-order valence-electron chi connectivity index (χ1n) is 5.66. The molecule has 1 aromatic heterocycles. The minimum absolute atomic E-state index is 0.518. The molecule has 1 fully saturated rings. The summed E-state index contributed by atoms with van der Waals surface area (Å²) in [6.07, 6.45) is 1.89. The highest BCUT2D eigenvalue weighted by atomic mass is 15.3. The molecule has 0 spiro atoms. The summed E-state index contributed by atoms with van der Waals surface area (Å²) in [5, 5.41) is 7.71. The van der Waals surface area contributed by atoms with Gasteiger partial charge in [0, 0.05) is 24.8 Å². The molecular formula is C13H15N3. The van der Waals surface area contributed by atoms with E-state index >= 15 is 0 Å². The molecule has 1 aliphatic heterocycles. The van der Waals surface area contributed by atoms with Gasteiger partial charge < -0.3 is 5.32 Å². The van der Waals surface area contributed by atoms with E-state index in [1.807, 2.05) is 6.20 Å². The van der Waals surface area contributed by atoms with E-state index in [0.29, 0.717) is 6.04 Å². The molecule has 3 rings (SSSR count). The Morgan fingerprint density at radius 2 is 2.06 bits per heavy atom. The minimum atomic E-state index is 0.518. The van der Waals surface area contributed by atoms with Gasteiger partial charge in [-0.3, -0.25) is 4.68 Å². The lowest BCUT2D eigenvalue weighted by atomic mass is 10.0. The Morgan fingerprint density at radius 1 is 1.25 bits per heavy atom. The number of hydrogen-bond acceptors (Lipinski definition) is 2. The van der Waals surface area contributed by atoms with Crippen molar-refractivity contribution in [1.29, 1.82) is 0 Å². The monoisotopic (exact) mass is 213 g/mol. The van der Waals surface area contributed by atoms with Crippen molar-refractivity contribution in [3.8, 4) is 11.3 Å². The van der Waals surface area contributed by atoms with E-state index in [-0.39, 0.29) is 0 Å². The third-order valence-electron chi connectivity index (χ3n) is 3.20. The van der Waals surface area contributed by atoms with Gasteiger partial charge in [0.15, 0.2) is 0 Å². The predicted molar refractivity (Wildman–Crippen MR) is 64.3 cm³/mol. The summed E-state index contributed by atoms with van der Waals surface area (Å²) in [5.41, 5.74) is 3.81. The molecule has 0 bridgehead atoms. The number of hydrogen-bond donors (Lipinski definition) is 1. The Balaban J connectivity index is 2.06. The summed E-state index contributed by atoms with van der Waals surface area (Å²) >= 11 is 0. The first-order chi connectivity index (χ1) is 7.86. The van der Waals surface area contributed by atoms with Crippen LogP contribution in [-0.4, -0.2) is 22.9 Å². The average Bonchev–Trinajstić information content (AvgIpc) is 2.65. The van der Waals surface area contributed by atoms with Gasteiger partial charge in [-0.25, -0.2) is 0 Å². The molecular weight excluding hydrogens is 198 g/mol. The van der Waals surface area contributed by atoms with E-state index < -0.39 is 0 Å². The zero-order valence-corrected chi connectivity index (χ0v) is 9.35. The topological polar surface area (TPSA) is 29.9 Å². The zero-order chi connectivity index (χ0) is 11.0. The van der Waals surface area contributed by atoms with Crippen LogP contribution in [0.2, 0.25) is 0 Å². The number of nitrogens with one attached hydrogen (secondary N) is 1. The van der Waals surface area contributed by atoms with Crippen LogP contribution in [0.4, 0.5) is 0 Å². The number of aryl methyl sites for hydroxylation is 1. The van der Waals surface area contributed by atoms with Crippen LogP contribution < -0.4 is 5.32 Å². The second kappa shape index (κ2) is 3.76. The maximum atomic E-state index is 4.43. The lowest BCUT2D eigenvalue weighted by molar-refractivity contribution is 0.321. The fourth-order valence-corrected chi connectivity index (χ4v) is 2.13. The van der Waals surface area contributed by atoms with Gasteiger partial charge in [-0.15, -0.1) is 0 Å². The first kappa shape index (κ1) is 9.60. The molecule has 1 N–H and O–H groups in total. The van der Waals surface area contributed by atoms with Crippen molar-refractivity contribution in [2.24, 2.45) is 0 Å². The molecule has 0 aliphatic carbocycles. The van der Waals surface area contributed by atoms with Gasteiger partial charge in [0.25, 0.3) is 0 Å². The highest BCUT2D eigenvalue weighted by Crippen LogP contribution is 2.26. The molecule has 3 heteroatoms. The molecule has 1 saturated heterocycles. The molecule has 2 heterocycles. The first-order valence-corrected chi connectivity index (χ1v) is 5.66. The molecule has 0 atom stereocenters. The van der Waals surface area contributed by atoms with Crippen LogP contribution in [0.5, 0.6) is 0 Å². The molecule has 1 aliphatic rings. The molecule has 82 valence electrons. The third kappa shape index (κ3) is 1.44. The van der Waals surface area contributed by atoms with Gasteiger partial charge in [0.1, 0.15) is 0 Å². The van der Waals surface area contributed by atoms with Crippen LogP contribution in [0.15, 0.2) is 36.5 Å². The van der Waals surface area contributed by atoms with Crippen molar-refractivity contribution in [2.45, 2.75) is 13.0 Å². The summed E-state index contributed by atoms with van der Waals surface area (Å²) < 4.78 is 2.14. The third-order valence-corrected chi connectivity index (χ3v) is 3.20. The lowest BCUT2D eigenvalue weighted by Crippen LogP contribution is -2.44. The van der Waals surface area contributed by atoms with Crippen LogP contribution in [0.1, 0.15) is 11.6 Å². The molecule has 2 aromatic rings. The fourth-order valence-electron chi connectivity index (χ4n) is 2.13. The largest absolute Gasteiger partial charge is 0.312 e. The molecule has 3 nitrogen and oxygen atoms in total. The van der Waals surface area contributed by atoms with Crippen molar-refractivity contribution >= 4 is 0 Å². The summed E-state index contributed by atoms with van der Waals surface area (Å²) in [6.45, 7) is 4.20. The molecule has 0 radical (unpaired) electrons. The SMILES string of the molecule is Cc1ccccc1-c1ccnn1C1CNC1. The van der Waals surface area contributed by atoms with Gasteiger partial charge in [-0.2, -0.15) is 5.10 Å². The van der Waals surface area contributed by atoms with E-state index in [0.717, 1.165) is 13.1 Å². The minimum Gasteiger partial charge on any atom is -0.312 e. The van der Waals surface area contributed by atoms with Crippen molar-refractivity contribution in [3.05, 3.63) is 42.1 Å². The van der Waals surface area contributed by atoms with Gasteiger partial charge >= 0.3 is 0 Å². The van der Waals surface area contributed by atoms with Crippen LogP contribution >= 0.6 is 0 Å². The maximum absolute atomic E-state index is 4.43. The molecule has 16 heavy (non-hydrogen) atoms. The van der Waals surface area contributed by atoms with Gasteiger partial charge in [-0.1, -0.05) is 24.3 Å². The van der Waals surface area contributed by atoms with E-state index in [2.05, 4.69) is 52.4 Å². The summed E-state index contributed by atoms with van der Waals surface area (Å²) in [4.78, 5) is 0. The van der Waals surface area contributed by atoms with Crippen LogP contribution in [0.3, 0.4) is 0 Å². The number of aromatic nitrogens is 2. The molecule has 0 saturated carbocycles. The summed E-state index contributed by atoms with van der Waals surface area (Å²) in [6, 6.07) is 11.1. The smallest absolute Gasteiger partial charge is 0.0774 e. The Hall–Kier alpha value is -1.61. The Morgan fingerprint density at radius 3 is 2.75 bits per heavy atom. The fraction of sp³-hybridized carbons (Fsp3) is 0.308. The molecule has 1 aromatic carbocycles. The molecule has 0 unspecified atom stereocenters. The highest BCUT2D eigenvalue weighted by Gasteiger charge is 2.22. The zero-order valence-electron chi connectivity index (χ0n) is 9.35. The van der Waals surface area contributed by atoms with Crippen molar-refractivity contribution in [2.75, 3.05) is 13.1 Å². The van der Waals surface area contributed by atoms with Gasteiger partial charge in [-0.05, 0) is 18.6 Å². The number of nitrogens with zero attached hydrogens (tertiary/aromatic N) is 2. The summed E-state index contributed by atoms with van der Waals surface area (Å²) in [5.74, 6) is 0. The molecule has 0 amide bonds. The normalized spacial score (nSPS) is 16.1. The van der Waals surface area contributed by atoms with Crippen LogP contribution in [-0.2, 0) is 0 Å². The maximum Gasteiger partial charge on any atom is 0.0774 e. The average molecular weight is 213 g/mol. The van der Waals surface area contributed by atoms with Crippen molar-refractivity contribution < 1.29 is 0 Å². The summed E-state index contributed by atoms with van der Waals surface area (Å²) in [7, 11) is 0. The standard InChI is InChI=1S/C13H15N3/c1-10-4-2-3-5-12(10)13-6-7-15-16(13)11-8-14-9-11/h2-7,11,14H,8-9H2,1H3. The van der Waals surface area contributed by atoms with E-state index in [1.165, 1.54) is 16.8 Å². The lowest BCUT2D eigenvalue weighted by Gasteiger charge is -2.29. The van der Waals surface area contributed by atoms with E-state index in [4.69, 9.17) is 0 Å². The van der Waals surface area contributed by atoms with Crippen molar-refractivity contribution in [1.82, 2.24) is 15.1 Å². The van der Waals surface area contributed by atoms with Gasteiger partial charge in [0.2, 0.25) is 0 Å².